The molecule has 3 rings (SSSR count). The Balaban J connectivity index is 1.84. The van der Waals surface area contributed by atoms with Crippen LogP contribution in [0.25, 0.3) is 11.1 Å². The first-order valence-corrected chi connectivity index (χ1v) is 8.99. The Labute approximate surface area is 159 Å². The summed E-state index contributed by atoms with van der Waals surface area (Å²) in [4.78, 5) is 25.2. The molecule has 2 aromatic heterocycles. The van der Waals surface area contributed by atoms with E-state index in [1.54, 1.807) is 18.6 Å². The number of amides is 1. The minimum Gasteiger partial charge on any atom is -0.345 e. The van der Waals surface area contributed by atoms with Crippen LogP contribution in [0.4, 0.5) is 0 Å². The second kappa shape index (κ2) is 8.08. The summed E-state index contributed by atoms with van der Waals surface area (Å²) in [6, 6.07) is 11.3. The van der Waals surface area contributed by atoms with E-state index in [-0.39, 0.29) is 17.4 Å². The SMILES string of the molecule is CC(C)(C)C[C@H](NC(=O)c1cccc(-c2cncnc2)c1)c1cccnc1. The smallest absolute Gasteiger partial charge is 0.251 e. The highest BCUT2D eigenvalue weighted by Crippen LogP contribution is 2.29. The van der Waals surface area contributed by atoms with Crippen molar-refractivity contribution in [2.75, 3.05) is 0 Å². The van der Waals surface area contributed by atoms with Gasteiger partial charge in [0.15, 0.2) is 0 Å². The molecule has 0 saturated carbocycles. The number of aromatic nitrogens is 3. The van der Waals surface area contributed by atoms with E-state index in [2.05, 4.69) is 41.0 Å². The zero-order valence-corrected chi connectivity index (χ0v) is 15.9. The molecular weight excluding hydrogens is 336 g/mol. The molecule has 0 aliphatic heterocycles. The first-order chi connectivity index (χ1) is 12.9. The van der Waals surface area contributed by atoms with E-state index in [4.69, 9.17) is 0 Å². The van der Waals surface area contributed by atoms with Crippen LogP contribution in [-0.2, 0) is 0 Å². The van der Waals surface area contributed by atoms with E-state index in [1.165, 1.54) is 6.33 Å². The Morgan fingerprint density at radius 1 is 1.00 bits per heavy atom. The summed E-state index contributed by atoms with van der Waals surface area (Å²) in [6.07, 6.45) is 9.34. The van der Waals surface area contributed by atoms with Gasteiger partial charge in [0, 0.05) is 35.9 Å². The summed E-state index contributed by atoms with van der Waals surface area (Å²) in [5.74, 6) is -0.105. The summed E-state index contributed by atoms with van der Waals surface area (Å²) in [5, 5.41) is 3.17. The second-order valence-electron chi connectivity index (χ2n) is 7.79. The molecule has 0 aliphatic carbocycles. The standard InChI is InChI=1S/C22H24N4O/c1-22(2,3)11-20(18-8-5-9-23-12-18)26-21(27)17-7-4-6-16(10-17)19-13-24-15-25-14-19/h4-10,12-15,20H,11H2,1-3H3,(H,26,27)/t20-/m0/s1. The number of nitrogens with one attached hydrogen (secondary N) is 1. The van der Waals surface area contributed by atoms with Gasteiger partial charge in [0.1, 0.15) is 6.33 Å². The van der Waals surface area contributed by atoms with Crippen LogP contribution in [0.3, 0.4) is 0 Å². The highest BCUT2D eigenvalue weighted by atomic mass is 16.1. The fraction of sp³-hybridized carbons (Fsp3) is 0.273. The Morgan fingerprint density at radius 3 is 2.44 bits per heavy atom. The lowest BCUT2D eigenvalue weighted by Gasteiger charge is -2.27. The molecule has 0 unspecified atom stereocenters. The van der Waals surface area contributed by atoms with E-state index in [1.807, 2.05) is 42.6 Å². The molecule has 1 amide bonds. The van der Waals surface area contributed by atoms with Gasteiger partial charge in [-0.15, -0.1) is 0 Å². The Hall–Kier alpha value is -3.08. The number of carbonyl (C=O) groups is 1. The zero-order valence-electron chi connectivity index (χ0n) is 15.9. The van der Waals surface area contributed by atoms with E-state index in [0.29, 0.717) is 5.56 Å². The fourth-order valence-corrected chi connectivity index (χ4v) is 2.98. The summed E-state index contributed by atoms with van der Waals surface area (Å²) < 4.78 is 0. The number of benzene rings is 1. The van der Waals surface area contributed by atoms with Crippen molar-refractivity contribution >= 4 is 5.91 Å². The molecule has 0 aliphatic rings. The minimum atomic E-state index is -0.105. The van der Waals surface area contributed by atoms with Gasteiger partial charge in [-0.3, -0.25) is 9.78 Å². The Morgan fingerprint density at radius 2 is 1.78 bits per heavy atom. The van der Waals surface area contributed by atoms with Gasteiger partial charge in [-0.1, -0.05) is 39.0 Å². The molecule has 0 radical (unpaired) electrons. The number of hydrogen-bond donors (Lipinski definition) is 1. The summed E-state index contributed by atoms with van der Waals surface area (Å²) >= 11 is 0. The third-order valence-electron chi connectivity index (χ3n) is 4.23. The van der Waals surface area contributed by atoms with Crippen molar-refractivity contribution in [3.8, 4) is 11.1 Å². The lowest BCUT2D eigenvalue weighted by Crippen LogP contribution is -2.31. The maximum absolute atomic E-state index is 12.9. The number of pyridine rings is 1. The van der Waals surface area contributed by atoms with Gasteiger partial charge in [0.25, 0.3) is 5.91 Å². The van der Waals surface area contributed by atoms with Crippen LogP contribution in [0.2, 0.25) is 0 Å². The molecule has 0 bridgehead atoms. The molecule has 0 saturated heterocycles. The lowest BCUT2D eigenvalue weighted by atomic mass is 9.85. The van der Waals surface area contributed by atoms with Crippen molar-refractivity contribution in [1.29, 1.82) is 0 Å². The molecule has 138 valence electrons. The van der Waals surface area contributed by atoms with E-state index in [9.17, 15) is 4.79 Å². The molecule has 27 heavy (non-hydrogen) atoms. The van der Waals surface area contributed by atoms with Crippen LogP contribution >= 0.6 is 0 Å². The molecule has 1 atom stereocenters. The second-order valence-corrected chi connectivity index (χ2v) is 7.79. The average molecular weight is 360 g/mol. The van der Waals surface area contributed by atoms with Gasteiger partial charge in [-0.25, -0.2) is 9.97 Å². The highest BCUT2D eigenvalue weighted by molar-refractivity contribution is 5.95. The van der Waals surface area contributed by atoms with Gasteiger partial charge in [0.05, 0.1) is 6.04 Å². The summed E-state index contributed by atoms with van der Waals surface area (Å²) in [6.45, 7) is 6.50. The third-order valence-corrected chi connectivity index (χ3v) is 4.23. The topological polar surface area (TPSA) is 67.8 Å². The van der Waals surface area contributed by atoms with Gasteiger partial charge in [0.2, 0.25) is 0 Å². The van der Waals surface area contributed by atoms with Gasteiger partial charge in [-0.05, 0) is 41.2 Å². The first-order valence-electron chi connectivity index (χ1n) is 8.99. The molecule has 1 aromatic carbocycles. The van der Waals surface area contributed by atoms with Crippen LogP contribution in [0.5, 0.6) is 0 Å². The molecule has 1 N–H and O–H groups in total. The largest absolute Gasteiger partial charge is 0.345 e. The normalized spacial score (nSPS) is 12.4. The third kappa shape index (κ3) is 5.20. The molecule has 5 heteroatoms. The summed E-state index contributed by atoms with van der Waals surface area (Å²) in [7, 11) is 0. The molecular formula is C22H24N4O. The van der Waals surface area contributed by atoms with Crippen molar-refractivity contribution in [2.45, 2.75) is 33.2 Å². The molecule has 3 aromatic rings. The average Bonchev–Trinajstić information content (AvgIpc) is 2.68. The van der Waals surface area contributed by atoms with E-state index < -0.39 is 0 Å². The number of carbonyl (C=O) groups excluding carboxylic acids is 1. The van der Waals surface area contributed by atoms with Gasteiger partial charge >= 0.3 is 0 Å². The number of hydrogen-bond acceptors (Lipinski definition) is 4. The van der Waals surface area contributed by atoms with Crippen LogP contribution < -0.4 is 5.32 Å². The Kier molecular flexibility index (Phi) is 5.60. The highest BCUT2D eigenvalue weighted by Gasteiger charge is 2.22. The van der Waals surface area contributed by atoms with E-state index in [0.717, 1.165) is 23.1 Å². The molecule has 0 fully saturated rings. The van der Waals surface area contributed by atoms with Crippen molar-refractivity contribution in [2.24, 2.45) is 5.41 Å². The van der Waals surface area contributed by atoms with Crippen LogP contribution in [0, 0.1) is 5.41 Å². The maximum atomic E-state index is 12.9. The van der Waals surface area contributed by atoms with Crippen LogP contribution in [0.1, 0.15) is 49.2 Å². The van der Waals surface area contributed by atoms with Gasteiger partial charge in [-0.2, -0.15) is 0 Å². The van der Waals surface area contributed by atoms with Crippen molar-refractivity contribution in [3.63, 3.8) is 0 Å². The van der Waals surface area contributed by atoms with Gasteiger partial charge < -0.3 is 5.32 Å². The monoisotopic (exact) mass is 360 g/mol. The number of nitrogens with zero attached hydrogens (tertiary/aromatic N) is 3. The lowest BCUT2D eigenvalue weighted by molar-refractivity contribution is 0.0926. The minimum absolute atomic E-state index is 0.0665. The van der Waals surface area contributed by atoms with Crippen LogP contribution in [0.15, 0.2) is 67.5 Å². The molecule has 5 nitrogen and oxygen atoms in total. The van der Waals surface area contributed by atoms with Crippen LogP contribution in [-0.4, -0.2) is 20.9 Å². The zero-order chi connectivity index (χ0) is 19.3. The predicted octanol–water partition coefficient (Wildman–Crippen LogP) is 4.45. The van der Waals surface area contributed by atoms with Crippen molar-refractivity contribution < 1.29 is 4.79 Å². The number of rotatable bonds is 5. The molecule has 2 heterocycles. The van der Waals surface area contributed by atoms with Crippen molar-refractivity contribution in [1.82, 2.24) is 20.3 Å². The Bertz CT molecular complexity index is 889. The summed E-state index contributed by atoms with van der Waals surface area (Å²) in [5.41, 5.74) is 3.48. The van der Waals surface area contributed by atoms with E-state index >= 15 is 0 Å². The first kappa shape index (κ1) is 18.7. The van der Waals surface area contributed by atoms with Crippen molar-refractivity contribution in [3.05, 3.63) is 78.6 Å². The quantitative estimate of drug-likeness (QED) is 0.730. The maximum Gasteiger partial charge on any atom is 0.251 e. The predicted molar refractivity (Wildman–Crippen MR) is 106 cm³/mol. The molecule has 0 spiro atoms. The fourth-order valence-electron chi connectivity index (χ4n) is 2.98.